The minimum Gasteiger partial charge on any atom is -0.299 e. The average molecular weight is 299 g/mol. The third-order valence-electron chi connectivity index (χ3n) is 4.18. The SMILES string of the molecule is CCc1ccc(-n2cnc3ccc(-c4ccncc4)cc32)cc1. The van der Waals surface area contributed by atoms with Crippen molar-refractivity contribution in [3.05, 3.63) is 78.9 Å². The molecule has 0 unspecified atom stereocenters. The van der Waals surface area contributed by atoms with E-state index in [9.17, 15) is 0 Å². The molecule has 3 nitrogen and oxygen atoms in total. The molecular weight excluding hydrogens is 282 g/mol. The van der Waals surface area contributed by atoms with E-state index in [-0.39, 0.29) is 0 Å². The quantitative estimate of drug-likeness (QED) is 0.551. The molecule has 0 aliphatic heterocycles. The van der Waals surface area contributed by atoms with Crippen LogP contribution in [-0.4, -0.2) is 14.5 Å². The molecule has 2 heterocycles. The number of benzene rings is 2. The molecule has 0 saturated carbocycles. The lowest BCUT2D eigenvalue weighted by Gasteiger charge is -2.07. The Hall–Kier alpha value is -2.94. The van der Waals surface area contributed by atoms with Crippen LogP contribution in [0.4, 0.5) is 0 Å². The van der Waals surface area contributed by atoms with E-state index in [1.165, 1.54) is 11.1 Å². The lowest BCUT2D eigenvalue weighted by Crippen LogP contribution is -1.92. The van der Waals surface area contributed by atoms with Crippen LogP contribution in [-0.2, 0) is 6.42 Å². The van der Waals surface area contributed by atoms with Gasteiger partial charge in [-0.25, -0.2) is 4.98 Å². The summed E-state index contributed by atoms with van der Waals surface area (Å²) in [6.07, 6.45) is 6.58. The Balaban J connectivity index is 1.84. The van der Waals surface area contributed by atoms with E-state index in [0.29, 0.717) is 0 Å². The molecule has 0 spiro atoms. The van der Waals surface area contributed by atoms with Crippen LogP contribution >= 0.6 is 0 Å². The molecule has 0 N–H and O–H groups in total. The highest BCUT2D eigenvalue weighted by molar-refractivity contribution is 5.83. The summed E-state index contributed by atoms with van der Waals surface area (Å²) in [5.74, 6) is 0. The van der Waals surface area contributed by atoms with Crippen molar-refractivity contribution >= 4 is 11.0 Å². The van der Waals surface area contributed by atoms with E-state index in [0.717, 1.165) is 28.7 Å². The van der Waals surface area contributed by atoms with E-state index in [1.54, 1.807) is 0 Å². The number of aromatic nitrogens is 3. The van der Waals surface area contributed by atoms with Crippen molar-refractivity contribution in [3.63, 3.8) is 0 Å². The van der Waals surface area contributed by atoms with Gasteiger partial charge in [-0.2, -0.15) is 0 Å². The van der Waals surface area contributed by atoms with Gasteiger partial charge in [-0.1, -0.05) is 25.1 Å². The van der Waals surface area contributed by atoms with Gasteiger partial charge in [0.1, 0.15) is 6.33 Å². The number of imidazole rings is 1. The molecule has 0 saturated heterocycles. The molecular formula is C20H17N3. The van der Waals surface area contributed by atoms with Gasteiger partial charge in [0.2, 0.25) is 0 Å². The summed E-state index contributed by atoms with van der Waals surface area (Å²) in [5, 5.41) is 0. The number of hydrogen-bond donors (Lipinski definition) is 0. The number of aryl methyl sites for hydroxylation is 1. The highest BCUT2D eigenvalue weighted by Crippen LogP contribution is 2.25. The second-order valence-electron chi connectivity index (χ2n) is 5.57. The van der Waals surface area contributed by atoms with Gasteiger partial charge < -0.3 is 0 Å². The molecule has 2 aromatic carbocycles. The Morgan fingerprint density at radius 1 is 0.870 bits per heavy atom. The predicted octanol–water partition coefficient (Wildman–Crippen LogP) is 4.65. The number of pyridine rings is 1. The largest absolute Gasteiger partial charge is 0.299 e. The standard InChI is InChI=1S/C20H17N3/c1-2-15-3-6-18(7-4-15)23-14-22-19-8-5-17(13-20(19)23)16-9-11-21-12-10-16/h3-14H,2H2,1H3. The van der Waals surface area contributed by atoms with Crippen molar-refractivity contribution in [2.75, 3.05) is 0 Å². The molecule has 112 valence electrons. The van der Waals surface area contributed by atoms with Crippen molar-refractivity contribution in [3.8, 4) is 16.8 Å². The normalized spacial score (nSPS) is 11.0. The van der Waals surface area contributed by atoms with Gasteiger partial charge in [-0.05, 0) is 59.5 Å². The monoisotopic (exact) mass is 299 g/mol. The Morgan fingerprint density at radius 3 is 2.39 bits per heavy atom. The molecule has 2 aromatic heterocycles. The maximum Gasteiger partial charge on any atom is 0.100 e. The fourth-order valence-corrected chi connectivity index (χ4v) is 2.83. The molecule has 4 rings (SSSR count). The van der Waals surface area contributed by atoms with Crippen molar-refractivity contribution in [1.82, 2.24) is 14.5 Å². The first-order valence-electron chi connectivity index (χ1n) is 7.82. The van der Waals surface area contributed by atoms with Gasteiger partial charge >= 0.3 is 0 Å². The fraction of sp³-hybridized carbons (Fsp3) is 0.100. The van der Waals surface area contributed by atoms with Crippen LogP contribution in [0.2, 0.25) is 0 Å². The van der Waals surface area contributed by atoms with Crippen molar-refractivity contribution in [2.45, 2.75) is 13.3 Å². The van der Waals surface area contributed by atoms with E-state index >= 15 is 0 Å². The summed E-state index contributed by atoms with van der Waals surface area (Å²) < 4.78 is 2.14. The smallest absolute Gasteiger partial charge is 0.100 e. The van der Waals surface area contributed by atoms with E-state index in [1.807, 2.05) is 30.9 Å². The van der Waals surface area contributed by atoms with Gasteiger partial charge in [-0.3, -0.25) is 9.55 Å². The number of nitrogens with zero attached hydrogens (tertiary/aromatic N) is 3. The summed E-state index contributed by atoms with van der Waals surface area (Å²) in [5.41, 5.74) is 6.93. The van der Waals surface area contributed by atoms with Crippen LogP contribution in [0.3, 0.4) is 0 Å². The zero-order chi connectivity index (χ0) is 15.6. The van der Waals surface area contributed by atoms with Gasteiger partial charge in [-0.15, -0.1) is 0 Å². The second kappa shape index (κ2) is 5.69. The van der Waals surface area contributed by atoms with Crippen molar-refractivity contribution in [1.29, 1.82) is 0 Å². The highest BCUT2D eigenvalue weighted by atomic mass is 15.0. The Kier molecular flexibility index (Phi) is 3.39. The Labute approximate surface area is 135 Å². The average Bonchev–Trinajstić information content (AvgIpc) is 3.05. The minimum absolute atomic E-state index is 1.00. The number of rotatable bonds is 3. The van der Waals surface area contributed by atoms with Gasteiger partial charge in [0.15, 0.2) is 0 Å². The van der Waals surface area contributed by atoms with Crippen molar-refractivity contribution < 1.29 is 0 Å². The highest BCUT2D eigenvalue weighted by Gasteiger charge is 2.07. The van der Waals surface area contributed by atoms with Crippen LogP contribution in [0, 0.1) is 0 Å². The Bertz CT molecular complexity index is 938. The van der Waals surface area contributed by atoms with Gasteiger partial charge in [0.25, 0.3) is 0 Å². The first-order chi connectivity index (χ1) is 11.3. The molecule has 0 atom stereocenters. The third kappa shape index (κ3) is 2.50. The lowest BCUT2D eigenvalue weighted by molar-refractivity contribution is 1.08. The molecule has 0 aliphatic carbocycles. The molecule has 3 heteroatoms. The molecule has 23 heavy (non-hydrogen) atoms. The number of hydrogen-bond acceptors (Lipinski definition) is 2. The van der Waals surface area contributed by atoms with Crippen LogP contribution in [0.25, 0.3) is 27.8 Å². The zero-order valence-electron chi connectivity index (χ0n) is 13.0. The minimum atomic E-state index is 1.00. The Morgan fingerprint density at radius 2 is 1.65 bits per heavy atom. The first-order valence-corrected chi connectivity index (χ1v) is 7.82. The van der Waals surface area contributed by atoms with Crippen LogP contribution in [0.5, 0.6) is 0 Å². The third-order valence-corrected chi connectivity index (χ3v) is 4.18. The molecule has 4 aromatic rings. The molecule has 0 amide bonds. The van der Waals surface area contributed by atoms with Crippen LogP contribution < -0.4 is 0 Å². The van der Waals surface area contributed by atoms with E-state index in [4.69, 9.17) is 0 Å². The summed E-state index contributed by atoms with van der Waals surface area (Å²) in [6.45, 7) is 2.17. The number of fused-ring (bicyclic) bond motifs is 1. The molecule has 0 fully saturated rings. The summed E-state index contributed by atoms with van der Waals surface area (Å²) >= 11 is 0. The summed E-state index contributed by atoms with van der Waals surface area (Å²) in [6, 6.07) is 19.1. The van der Waals surface area contributed by atoms with E-state index in [2.05, 4.69) is 63.9 Å². The van der Waals surface area contributed by atoms with Gasteiger partial charge in [0, 0.05) is 18.1 Å². The molecule has 0 bridgehead atoms. The second-order valence-corrected chi connectivity index (χ2v) is 5.57. The summed E-state index contributed by atoms with van der Waals surface area (Å²) in [7, 11) is 0. The molecule has 0 radical (unpaired) electrons. The topological polar surface area (TPSA) is 30.7 Å². The molecule has 0 aliphatic rings. The first kappa shape index (κ1) is 13.7. The summed E-state index contributed by atoms with van der Waals surface area (Å²) in [4.78, 5) is 8.61. The van der Waals surface area contributed by atoms with Crippen molar-refractivity contribution in [2.24, 2.45) is 0 Å². The van der Waals surface area contributed by atoms with E-state index < -0.39 is 0 Å². The maximum atomic E-state index is 4.52. The fourth-order valence-electron chi connectivity index (χ4n) is 2.83. The predicted molar refractivity (Wildman–Crippen MR) is 93.7 cm³/mol. The van der Waals surface area contributed by atoms with Crippen LogP contribution in [0.1, 0.15) is 12.5 Å². The lowest BCUT2D eigenvalue weighted by atomic mass is 10.1. The van der Waals surface area contributed by atoms with Crippen LogP contribution in [0.15, 0.2) is 73.3 Å². The zero-order valence-corrected chi connectivity index (χ0v) is 13.0. The van der Waals surface area contributed by atoms with Gasteiger partial charge in [0.05, 0.1) is 11.0 Å². The maximum absolute atomic E-state index is 4.52.